The standard InChI is InChI=1S/C17H26N2O/c1-4-9-17(10-5-2)14-12-13(18)7-8-15(14)19(11-6-3)16(17)20/h7-8,12H,4-6,9-11,18H2,1-3H3. The number of anilines is 2. The molecular weight excluding hydrogens is 248 g/mol. The van der Waals surface area contributed by atoms with E-state index in [9.17, 15) is 4.79 Å². The van der Waals surface area contributed by atoms with Gasteiger partial charge in [0.1, 0.15) is 0 Å². The summed E-state index contributed by atoms with van der Waals surface area (Å²) in [6, 6.07) is 5.95. The van der Waals surface area contributed by atoms with Crippen LogP contribution in [0, 0.1) is 0 Å². The molecule has 2 N–H and O–H groups in total. The molecule has 0 bridgehead atoms. The van der Waals surface area contributed by atoms with E-state index >= 15 is 0 Å². The van der Waals surface area contributed by atoms with Gasteiger partial charge in [-0.25, -0.2) is 0 Å². The molecule has 3 nitrogen and oxygen atoms in total. The number of nitrogens with two attached hydrogens (primary N) is 1. The number of nitrogens with zero attached hydrogens (tertiary/aromatic N) is 1. The van der Waals surface area contributed by atoms with Crippen LogP contribution in [0.25, 0.3) is 0 Å². The highest BCUT2D eigenvalue weighted by Gasteiger charge is 2.49. The molecule has 1 amide bonds. The lowest BCUT2D eigenvalue weighted by Crippen LogP contribution is -2.40. The maximum atomic E-state index is 13.1. The van der Waals surface area contributed by atoms with Crippen molar-refractivity contribution in [3.8, 4) is 0 Å². The predicted octanol–water partition coefficient (Wildman–Crippen LogP) is 3.86. The largest absolute Gasteiger partial charge is 0.399 e. The summed E-state index contributed by atoms with van der Waals surface area (Å²) in [5, 5.41) is 0. The molecule has 1 aromatic carbocycles. The molecule has 1 aliphatic heterocycles. The number of carbonyl (C=O) groups is 1. The molecule has 1 aromatic rings. The number of amides is 1. The second-order valence-electron chi connectivity index (χ2n) is 5.82. The topological polar surface area (TPSA) is 46.3 Å². The van der Waals surface area contributed by atoms with Crippen LogP contribution in [0.15, 0.2) is 18.2 Å². The maximum Gasteiger partial charge on any atom is 0.237 e. The van der Waals surface area contributed by atoms with Gasteiger partial charge in [0.25, 0.3) is 0 Å². The fraction of sp³-hybridized carbons (Fsp3) is 0.588. The summed E-state index contributed by atoms with van der Waals surface area (Å²) in [6.45, 7) is 7.22. The van der Waals surface area contributed by atoms with E-state index in [4.69, 9.17) is 5.73 Å². The summed E-state index contributed by atoms with van der Waals surface area (Å²) in [5.74, 6) is 0.281. The van der Waals surface area contributed by atoms with Crippen molar-refractivity contribution >= 4 is 17.3 Å². The molecular formula is C17H26N2O. The van der Waals surface area contributed by atoms with E-state index in [1.165, 1.54) is 0 Å². The second kappa shape index (κ2) is 5.86. The first-order chi connectivity index (χ1) is 9.60. The number of hydrogen-bond donors (Lipinski definition) is 1. The molecule has 0 atom stereocenters. The molecule has 110 valence electrons. The number of carbonyl (C=O) groups excluding carboxylic acids is 1. The zero-order valence-electron chi connectivity index (χ0n) is 12.9. The number of hydrogen-bond acceptors (Lipinski definition) is 2. The van der Waals surface area contributed by atoms with Crippen molar-refractivity contribution in [1.82, 2.24) is 0 Å². The number of benzene rings is 1. The molecule has 0 fully saturated rings. The zero-order chi connectivity index (χ0) is 14.8. The van der Waals surface area contributed by atoms with Gasteiger partial charge in [0.15, 0.2) is 0 Å². The first-order valence-electron chi connectivity index (χ1n) is 7.82. The molecule has 0 aliphatic carbocycles. The molecule has 0 aromatic heterocycles. The normalized spacial score (nSPS) is 16.6. The van der Waals surface area contributed by atoms with Gasteiger partial charge in [0, 0.05) is 17.9 Å². The van der Waals surface area contributed by atoms with E-state index in [1.807, 2.05) is 23.1 Å². The van der Waals surface area contributed by atoms with E-state index in [-0.39, 0.29) is 11.3 Å². The first kappa shape index (κ1) is 14.9. The number of nitrogen functional groups attached to an aromatic ring is 1. The Hall–Kier alpha value is -1.51. The van der Waals surface area contributed by atoms with Crippen LogP contribution < -0.4 is 10.6 Å². The third-order valence-corrected chi connectivity index (χ3v) is 4.28. The Bertz CT molecular complexity index is 490. The third-order valence-electron chi connectivity index (χ3n) is 4.28. The summed E-state index contributed by atoms with van der Waals surface area (Å²) in [6.07, 6.45) is 4.83. The lowest BCUT2D eigenvalue weighted by Gasteiger charge is -2.28. The van der Waals surface area contributed by atoms with Crippen LogP contribution in [0.3, 0.4) is 0 Å². The fourth-order valence-electron chi connectivity index (χ4n) is 3.56. The number of fused-ring (bicyclic) bond motifs is 1. The minimum absolute atomic E-state index is 0.281. The van der Waals surface area contributed by atoms with Crippen LogP contribution in [-0.4, -0.2) is 12.5 Å². The van der Waals surface area contributed by atoms with E-state index in [1.54, 1.807) is 0 Å². The quantitative estimate of drug-likeness (QED) is 0.801. The summed E-state index contributed by atoms with van der Waals surface area (Å²) < 4.78 is 0. The van der Waals surface area contributed by atoms with Gasteiger partial charge < -0.3 is 10.6 Å². The minimum Gasteiger partial charge on any atom is -0.399 e. The van der Waals surface area contributed by atoms with Crippen molar-refractivity contribution in [1.29, 1.82) is 0 Å². The third kappa shape index (κ3) is 2.19. The summed E-state index contributed by atoms with van der Waals surface area (Å²) in [5.41, 5.74) is 8.62. The van der Waals surface area contributed by atoms with Crippen molar-refractivity contribution in [2.24, 2.45) is 0 Å². The van der Waals surface area contributed by atoms with Gasteiger partial charge in [-0.05, 0) is 43.0 Å². The monoisotopic (exact) mass is 274 g/mol. The lowest BCUT2D eigenvalue weighted by molar-refractivity contribution is -0.123. The summed E-state index contributed by atoms with van der Waals surface area (Å²) >= 11 is 0. The molecule has 0 radical (unpaired) electrons. The highest BCUT2D eigenvalue weighted by molar-refractivity contribution is 6.08. The SMILES string of the molecule is CCCN1C(=O)C(CCC)(CCC)c2cc(N)ccc21. The van der Waals surface area contributed by atoms with Gasteiger partial charge in [-0.15, -0.1) is 0 Å². The average Bonchev–Trinajstić information content (AvgIpc) is 2.63. The van der Waals surface area contributed by atoms with E-state index < -0.39 is 0 Å². The van der Waals surface area contributed by atoms with Crippen molar-refractivity contribution in [2.45, 2.75) is 58.3 Å². The van der Waals surface area contributed by atoms with Crippen molar-refractivity contribution in [3.63, 3.8) is 0 Å². The Labute approximate surface area is 122 Å². The molecule has 0 saturated carbocycles. The summed E-state index contributed by atoms with van der Waals surface area (Å²) in [7, 11) is 0. The predicted molar refractivity (Wildman–Crippen MR) is 85.0 cm³/mol. The van der Waals surface area contributed by atoms with Crippen LogP contribution in [0.2, 0.25) is 0 Å². The van der Waals surface area contributed by atoms with Gasteiger partial charge in [-0.3, -0.25) is 4.79 Å². The van der Waals surface area contributed by atoms with Crippen LogP contribution in [0.1, 0.15) is 58.4 Å². The Morgan fingerprint density at radius 2 is 1.75 bits per heavy atom. The molecule has 0 spiro atoms. The van der Waals surface area contributed by atoms with E-state index in [2.05, 4.69) is 20.8 Å². The fourth-order valence-corrected chi connectivity index (χ4v) is 3.56. The Balaban J connectivity index is 2.57. The highest BCUT2D eigenvalue weighted by atomic mass is 16.2. The lowest BCUT2D eigenvalue weighted by atomic mass is 9.74. The molecule has 20 heavy (non-hydrogen) atoms. The Kier molecular flexibility index (Phi) is 4.36. The van der Waals surface area contributed by atoms with Crippen molar-refractivity contribution in [3.05, 3.63) is 23.8 Å². The van der Waals surface area contributed by atoms with E-state index in [0.717, 1.165) is 55.6 Å². The average molecular weight is 274 g/mol. The second-order valence-corrected chi connectivity index (χ2v) is 5.82. The van der Waals surface area contributed by atoms with Crippen LogP contribution in [-0.2, 0) is 10.2 Å². The van der Waals surface area contributed by atoms with Crippen LogP contribution in [0.4, 0.5) is 11.4 Å². The smallest absolute Gasteiger partial charge is 0.237 e. The van der Waals surface area contributed by atoms with Crippen LogP contribution >= 0.6 is 0 Å². The van der Waals surface area contributed by atoms with Gasteiger partial charge in [0.2, 0.25) is 5.91 Å². The van der Waals surface area contributed by atoms with Gasteiger partial charge in [-0.1, -0.05) is 33.6 Å². The first-order valence-corrected chi connectivity index (χ1v) is 7.82. The molecule has 0 unspecified atom stereocenters. The minimum atomic E-state index is -0.344. The maximum absolute atomic E-state index is 13.1. The Morgan fingerprint density at radius 1 is 1.10 bits per heavy atom. The molecule has 3 heteroatoms. The molecule has 2 rings (SSSR count). The van der Waals surface area contributed by atoms with Gasteiger partial charge in [0.05, 0.1) is 5.41 Å². The number of rotatable bonds is 6. The summed E-state index contributed by atoms with van der Waals surface area (Å²) in [4.78, 5) is 15.0. The van der Waals surface area contributed by atoms with Gasteiger partial charge >= 0.3 is 0 Å². The zero-order valence-corrected chi connectivity index (χ0v) is 12.9. The molecule has 1 heterocycles. The van der Waals surface area contributed by atoms with Crippen LogP contribution in [0.5, 0.6) is 0 Å². The van der Waals surface area contributed by atoms with Crippen molar-refractivity contribution < 1.29 is 4.79 Å². The highest BCUT2D eigenvalue weighted by Crippen LogP contribution is 2.48. The van der Waals surface area contributed by atoms with Gasteiger partial charge in [-0.2, -0.15) is 0 Å². The van der Waals surface area contributed by atoms with Crippen molar-refractivity contribution in [2.75, 3.05) is 17.2 Å². The van der Waals surface area contributed by atoms with E-state index in [0.29, 0.717) is 0 Å². The Morgan fingerprint density at radius 3 is 2.30 bits per heavy atom. The molecule has 1 aliphatic rings. The molecule has 0 saturated heterocycles.